The van der Waals surface area contributed by atoms with Crippen LogP contribution in [0.3, 0.4) is 0 Å². The van der Waals surface area contributed by atoms with Gasteiger partial charge in [-0.05, 0) is 55.2 Å². The van der Waals surface area contributed by atoms with Crippen molar-refractivity contribution >= 4 is 11.9 Å². The number of rotatable bonds is 6. The molecule has 1 atom stereocenters. The van der Waals surface area contributed by atoms with Gasteiger partial charge in [-0.2, -0.15) is 13.2 Å². The van der Waals surface area contributed by atoms with Crippen molar-refractivity contribution in [2.45, 2.75) is 32.6 Å². The summed E-state index contributed by atoms with van der Waals surface area (Å²) in [6, 6.07) is 10.1. The summed E-state index contributed by atoms with van der Waals surface area (Å²) >= 11 is 0. The number of carbonyl (C=O) groups is 2. The number of benzene rings is 2. The van der Waals surface area contributed by atoms with E-state index in [2.05, 4.69) is 27.5 Å². The van der Waals surface area contributed by atoms with Gasteiger partial charge < -0.3 is 10.4 Å². The number of hydrogen-bond acceptors (Lipinski definition) is 4. The molecule has 1 amide bonds. The summed E-state index contributed by atoms with van der Waals surface area (Å²) in [5, 5.41) is 19.7. The maximum Gasteiger partial charge on any atom is 0.416 e. The predicted octanol–water partition coefficient (Wildman–Crippen LogP) is 3.91. The van der Waals surface area contributed by atoms with Crippen molar-refractivity contribution in [2.75, 3.05) is 0 Å². The van der Waals surface area contributed by atoms with E-state index in [4.69, 9.17) is 5.11 Å². The van der Waals surface area contributed by atoms with E-state index >= 15 is 0 Å². The minimum Gasteiger partial charge on any atom is -0.478 e. The minimum absolute atomic E-state index is 0.0149. The van der Waals surface area contributed by atoms with Crippen LogP contribution in [-0.2, 0) is 12.7 Å². The molecule has 0 saturated heterocycles. The van der Waals surface area contributed by atoms with Crippen LogP contribution in [0.15, 0.2) is 48.5 Å². The van der Waals surface area contributed by atoms with Crippen molar-refractivity contribution in [3.05, 3.63) is 82.2 Å². The van der Waals surface area contributed by atoms with Crippen LogP contribution in [-0.4, -0.2) is 32.0 Å². The predicted molar refractivity (Wildman–Crippen MR) is 112 cm³/mol. The fourth-order valence-electron chi connectivity index (χ4n) is 3.09. The number of carbonyl (C=O) groups excluding carboxylic acids is 1. The van der Waals surface area contributed by atoms with Gasteiger partial charge >= 0.3 is 12.1 Å². The second-order valence-corrected chi connectivity index (χ2v) is 7.14. The topological polar surface area (TPSA) is 97.1 Å². The number of nitrogens with one attached hydrogen (secondary N) is 1. The Morgan fingerprint density at radius 1 is 1.12 bits per heavy atom. The highest BCUT2D eigenvalue weighted by atomic mass is 19.4. The number of halogens is 3. The largest absolute Gasteiger partial charge is 0.478 e. The molecular formula is C23H19F3N4O3. The molecule has 0 radical (unpaired) electrons. The van der Waals surface area contributed by atoms with E-state index in [0.717, 1.165) is 12.1 Å². The summed E-state index contributed by atoms with van der Waals surface area (Å²) in [5.74, 6) is 3.78. The molecule has 7 nitrogen and oxygen atoms in total. The van der Waals surface area contributed by atoms with E-state index < -0.39 is 29.7 Å². The van der Waals surface area contributed by atoms with Gasteiger partial charge in [-0.3, -0.25) is 4.79 Å². The average Bonchev–Trinajstić information content (AvgIpc) is 3.16. The summed E-state index contributed by atoms with van der Waals surface area (Å²) in [7, 11) is 0. The van der Waals surface area contributed by atoms with Crippen molar-refractivity contribution in [3.8, 4) is 11.8 Å². The number of alkyl halides is 3. The number of nitrogens with zero attached hydrogens (tertiary/aromatic N) is 3. The van der Waals surface area contributed by atoms with Crippen LogP contribution in [0.2, 0.25) is 0 Å². The first-order chi connectivity index (χ1) is 15.6. The summed E-state index contributed by atoms with van der Waals surface area (Å²) in [5.41, 5.74) is 0.724. The van der Waals surface area contributed by atoms with Crippen molar-refractivity contribution in [3.63, 3.8) is 0 Å². The first-order valence-corrected chi connectivity index (χ1v) is 9.76. The number of hydrogen-bond donors (Lipinski definition) is 2. The molecular weight excluding hydrogens is 437 g/mol. The minimum atomic E-state index is -4.44. The molecule has 0 unspecified atom stereocenters. The molecule has 0 fully saturated rings. The van der Waals surface area contributed by atoms with Crippen LogP contribution in [0, 0.1) is 11.8 Å². The molecule has 33 heavy (non-hydrogen) atoms. The maximum atomic E-state index is 13.0. The van der Waals surface area contributed by atoms with E-state index in [0.29, 0.717) is 11.1 Å². The number of aromatic nitrogens is 3. The third kappa shape index (κ3) is 5.57. The van der Waals surface area contributed by atoms with Gasteiger partial charge in [0, 0.05) is 0 Å². The van der Waals surface area contributed by atoms with Crippen molar-refractivity contribution in [2.24, 2.45) is 0 Å². The van der Waals surface area contributed by atoms with Gasteiger partial charge in [-0.25, -0.2) is 9.48 Å². The number of aromatic carboxylic acids is 1. The highest BCUT2D eigenvalue weighted by Gasteiger charge is 2.30. The second-order valence-electron chi connectivity index (χ2n) is 7.14. The van der Waals surface area contributed by atoms with Gasteiger partial charge in [-0.15, -0.1) is 5.10 Å². The van der Waals surface area contributed by atoms with Crippen LogP contribution in [0.1, 0.15) is 63.1 Å². The van der Waals surface area contributed by atoms with Crippen molar-refractivity contribution in [1.29, 1.82) is 0 Å². The molecule has 1 aromatic heterocycles. The first-order valence-electron chi connectivity index (χ1n) is 9.76. The van der Waals surface area contributed by atoms with Gasteiger partial charge in [-0.1, -0.05) is 35.4 Å². The van der Waals surface area contributed by atoms with Crippen molar-refractivity contribution in [1.82, 2.24) is 20.3 Å². The smallest absolute Gasteiger partial charge is 0.416 e. The zero-order chi connectivity index (χ0) is 24.2. The van der Waals surface area contributed by atoms with E-state index in [1.165, 1.54) is 28.9 Å². The highest BCUT2D eigenvalue weighted by molar-refractivity contribution is 5.94. The van der Waals surface area contributed by atoms with Crippen LogP contribution in [0.5, 0.6) is 0 Å². The summed E-state index contributed by atoms with van der Waals surface area (Å²) in [6.45, 7) is 3.31. The van der Waals surface area contributed by atoms with Gasteiger partial charge in [0.2, 0.25) is 0 Å². The van der Waals surface area contributed by atoms with E-state index in [9.17, 15) is 22.8 Å². The Labute approximate surface area is 187 Å². The van der Waals surface area contributed by atoms with E-state index in [-0.39, 0.29) is 23.5 Å². The zero-order valence-corrected chi connectivity index (χ0v) is 17.6. The Hall–Kier alpha value is -4.13. The Kier molecular flexibility index (Phi) is 6.82. The van der Waals surface area contributed by atoms with Gasteiger partial charge in [0.15, 0.2) is 11.4 Å². The summed E-state index contributed by atoms with van der Waals surface area (Å²) in [6.07, 6.45) is -4.44. The number of carboxylic acid groups (broad SMARTS) is 1. The molecule has 10 heteroatoms. The Balaban J connectivity index is 1.83. The third-order valence-electron chi connectivity index (χ3n) is 4.81. The molecule has 170 valence electrons. The van der Waals surface area contributed by atoms with Gasteiger partial charge in [0.1, 0.15) is 0 Å². The molecule has 2 aromatic carbocycles. The number of amides is 1. The third-order valence-corrected chi connectivity index (χ3v) is 4.81. The highest BCUT2D eigenvalue weighted by Crippen LogP contribution is 2.29. The average molecular weight is 456 g/mol. The second kappa shape index (κ2) is 9.56. The van der Waals surface area contributed by atoms with Crippen LogP contribution >= 0.6 is 0 Å². The quantitative estimate of drug-likeness (QED) is 0.549. The lowest BCUT2D eigenvalue weighted by Crippen LogP contribution is -2.29. The van der Waals surface area contributed by atoms with Crippen LogP contribution in [0.25, 0.3) is 0 Å². The SMILES string of the molecule is CC#Cc1nnn(Cc2ccc(C(F)(F)F)cc2)c1C(=O)N[C@@H](C)c1ccc(C(=O)O)cc1. The van der Waals surface area contributed by atoms with Gasteiger partial charge in [0.25, 0.3) is 5.91 Å². The standard InChI is InChI=1S/C23H19F3N4O3/c1-3-4-19-20(21(31)27-14(2)16-7-9-17(10-8-16)22(32)33)30(29-28-19)13-15-5-11-18(12-6-15)23(24,25)26/h5-12,14H,13H2,1-2H3,(H,27,31)(H,32,33)/t14-/m0/s1. The number of carboxylic acids is 1. The zero-order valence-electron chi connectivity index (χ0n) is 17.6. The lowest BCUT2D eigenvalue weighted by molar-refractivity contribution is -0.137. The molecule has 2 N–H and O–H groups in total. The Bertz CT molecular complexity index is 1220. The monoisotopic (exact) mass is 456 g/mol. The summed E-state index contributed by atoms with van der Waals surface area (Å²) < 4.78 is 39.7. The molecule has 0 bridgehead atoms. The fourth-order valence-corrected chi connectivity index (χ4v) is 3.09. The lowest BCUT2D eigenvalue weighted by Gasteiger charge is -2.15. The molecule has 0 aliphatic rings. The lowest BCUT2D eigenvalue weighted by atomic mass is 10.1. The molecule has 0 aliphatic heterocycles. The van der Waals surface area contributed by atoms with Crippen molar-refractivity contribution < 1.29 is 27.9 Å². The van der Waals surface area contributed by atoms with Crippen LogP contribution < -0.4 is 5.32 Å². The summed E-state index contributed by atoms with van der Waals surface area (Å²) in [4.78, 5) is 24.0. The Morgan fingerprint density at radius 3 is 2.30 bits per heavy atom. The molecule has 0 spiro atoms. The molecule has 3 rings (SSSR count). The van der Waals surface area contributed by atoms with E-state index in [1.807, 2.05) is 0 Å². The molecule has 3 aromatic rings. The van der Waals surface area contributed by atoms with Crippen LogP contribution in [0.4, 0.5) is 13.2 Å². The van der Waals surface area contributed by atoms with Gasteiger partial charge in [0.05, 0.1) is 23.7 Å². The van der Waals surface area contributed by atoms with E-state index in [1.54, 1.807) is 26.0 Å². The normalized spacial score (nSPS) is 11.9. The fraction of sp³-hybridized carbons (Fsp3) is 0.217. The maximum absolute atomic E-state index is 13.0. The molecule has 0 aliphatic carbocycles. The first kappa shape index (κ1) is 23.5. The Morgan fingerprint density at radius 2 is 1.76 bits per heavy atom. The molecule has 1 heterocycles. The molecule has 0 saturated carbocycles.